The molecule has 0 spiro atoms. The highest BCUT2D eigenvalue weighted by atomic mass is 35.5. The molecule has 0 amide bonds. The average Bonchev–Trinajstić information content (AvgIpc) is 2.20. The number of anilines is 2. The fraction of sp³-hybridized carbons (Fsp3) is 0.154. The molecule has 82 valence electrons. The monoisotopic (exact) mass is 232 g/mol. The van der Waals surface area contributed by atoms with E-state index in [-0.39, 0.29) is 0 Å². The lowest BCUT2D eigenvalue weighted by molar-refractivity contribution is 1.30. The molecule has 0 atom stereocenters. The van der Waals surface area contributed by atoms with Crippen LogP contribution in [0.15, 0.2) is 36.5 Å². The Morgan fingerprint density at radius 3 is 2.31 bits per heavy atom. The van der Waals surface area contributed by atoms with Crippen molar-refractivity contribution in [1.29, 1.82) is 0 Å². The first-order valence-electron chi connectivity index (χ1n) is 5.10. The minimum atomic E-state index is 0.644. The molecule has 3 heteroatoms. The molecule has 0 bridgehead atoms. The van der Waals surface area contributed by atoms with Crippen LogP contribution in [0.1, 0.15) is 11.1 Å². The molecule has 0 saturated heterocycles. The van der Waals surface area contributed by atoms with Gasteiger partial charge in [-0.05, 0) is 49.2 Å². The first kappa shape index (κ1) is 11.0. The number of benzene rings is 1. The van der Waals surface area contributed by atoms with Gasteiger partial charge in [0.2, 0.25) is 0 Å². The lowest BCUT2D eigenvalue weighted by atomic mass is 10.1. The Hall–Kier alpha value is -1.54. The number of nitrogens with zero attached hydrogens (tertiary/aromatic N) is 1. The van der Waals surface area contributed by atoms with Gasteiger partial charge in [-0.25, -0.2) is 4.98 Å². The van der Waals surface area contributed by atoms with Gasteiger partial charge >= 0.3 is 0 Å². The topological polar surface area (TPSA) is 24.9 Å². The van der Waals surface area contributed by atoms with Gasteiger partial charge < -0.3 is 5.32 Å². The van der Waals surface area contributed by atoms with Crippen LogP contribution in [0.25, 0.3) is 0 Å². The smallest absolute Gasteiger partial charge is 0.130 e. The zero-order valence-electron chi connectivity index (χ0n) is 9.29. The first-order chi connectivity index (χ1) is 7.63. The number of pyridine rings is 1. The highest BCUT2D eigenvalue weighted by Gasteiger charge is 1.98. The molecule has 0 fully saturated rings. The fourth-order valence-corrected chi connectivity index (χ4v) is 1.76. The van der Waals surface area contributed by atoms with E-state index >= 15 is 0 Å². The number of aromatic nitrogens is 1. The highest BCUT2D eigenvalue weighted by Crippen LogP contribution is 2.19. The molecule has 2 nitrogen and oxygen atoms in total. The van der Waals surface area contributed by atoms with Crippen LogP contribution in [0, 0.1) is 13.8 Å². The molecule has 0 radical (unpaired) electrons. The zero-order valence-corrected chi connectivity index (χ0v) is 10.0. The van der Waals surface area contributed by atoms with Crippen LogP contribution in [0.4, 0.5) is 11.5 Å². The van der Waals surface area contributed by atoms with E-state index in [0.29, 0.717) is 5.02 Å². The highest BCUT2D eigenvalue weighted by molar-refractivity contribution is 6.30. The molecule has 0 aliphatic heterocycles. The lowest BCUT2D eigenvalue weighted by Gasteiger charge is -2.07. The van der Waals surface area contributed by atoms with Crippen molar-refractivity contribution >= 4 is 23.1 Å². The van der Waals surface area contributed by atoms with Crippen molar-refractivity contribution < 1.29 is 0 Å². The summed E-state index contributed by atoms with van der Waals surface area (Å²) in [4.78, 5) is 4.19. The molecule has 1 aromatic carbocycles. The molecule has 2 aromatic rings. The van der Waals surface area contributed by atoms with Gasteiger partial charge in [-0.3, -0.25) is 0 Å². The van der Waals surface area contributed by atoms with Crippen molar-refractivity contribution in [2.24, 2.45) is 0 Å². The van der Waals surface area contributed by atoms with Crippen LogP contribution in [0.5, 0.6) is 0 Å². The predicted octanol–water partition coefficient (Wildman–Crippen LogP) is 4.10. The van der Waals surface area contributed by atoms with Crippen LogP contribution in [-0.2, 0) is 0 Å². The van der Waals surface area contributed by atoms with E-state index in [1.807, 2.05) is 12.1 Å². The Morgan fingerprint density at radius 2 is 1.75 bits per heavy atom. The summed E-state index contributed by atoms with van der Waals surface area (Å²) in [5, 5.41) is 3.89. The molecule has 1 N–H and O–H groups in total. The minimum Gasteiger partial charge on any atom is -0.340 e. The van der Waals surface area contributed by atoms with Gasteiger partial charge in [-0.15, -0.1) is 0 Å². The molecule has 1 aromatic heterocycles. The van der Waals surface area contributed by atoms with Crippen LogP contribution < -0.4 is 5.32 Å². The maximum absolute atomic E-state index is 5.77. The summed E-state index contributed by atoms with van der Waals surface area (Å²) < 4.78 is 0. The standard InChI is InChI=1S/C13H13ClN2/c1-9-5-10(2)7-12(6-9)16-13-4-3-11(14)8-15-13/h3-8H,1-2H3,(H,15,16). The van der Waals surface area contributed by atoms with Crippen LogP contribution in [0.3, 0.4) is 0 Å². The van der Waals surface area contributed by atoms with Gasteiger partial charge in [-0.2, -0.15) is 0 Å². The third kappa shape index (κ3) is 2.74. The summed E-state index contributed by atoms with van der Waals surface area (Å²) >= 11 is 5.77. The molecule has 1 heterocycles. The molecular formula is C13H13ClN2. The predicted molar refractivity (Wildman–Crippen MR) is 68.4 cm³/mol. The number of rotatable bonds is 2. The van der Waals surface area contributed by atoms with E-state index in [4.69, 9.17) is 11.6 Å². The van der Waals surface area contributed by atoms with Gasteiger partial charge in [0.15, 0.2) is 0 Å². The van der Waals surface area contributed by atoms with Crippen molar-refractivity contribution in [2.45, 2.75) is 13.8 Å². The van der Waals surface area contributed by atoms with Crippen LogP contribution in [-0.4, -0.2) is 4.98 Å². The quantitative estimate of drug-likeness (QED) is 0.844. The van der Waals surface area contributed by atoms with Crippen LogP contribution in [0.2, 0.25) is 5.02 Å². The van der Waals surface area contributed by atoms with Gasteiger partial charge in [0, 0.05) is 11.9 Å². The molecule has 0 aliphatic rings. The van der Waals surface area contributed by atoms with Crippen molar-refractivity contribution in [2.75, 3.05) is 5.32 Å². The molecule has 0 unspecified atom stereocenters. The van der Waals surface area contributed by atoms with E-state index in [1.165, 1.54) is 11.1 Å². The maximum atomic E-state index is 5.77. The molecule has 2 rings (SSSR count). The third-order valence-electron chi connectivity index (χ3n) is 2.22. The van der Waals surface area contributed by atoms with Crippen LogP contribution >= 0.6 is 11.6 Å². The summed E-state index contributed by atoms with van der Waals surface area (Å²) in [7, 11) is 0. The van der Waals surface area contributed by atoms with E-state index in [2.05, 4.69) is 42.3 Å². The molecule has 16 heavy (non-hydrogen) atoms. The van der Waals surface area contributed by atoms with Crippen molar-refractivity contribution in [1.82, 2.24) is 4.98 Å². The third-order valence-corrected chi connectivity index (χ3v) is 2.45. The SMILES string of the molecule is Cc1cc(C)cc(Nc2ccc(Cl)cn2)c1. The Morgan fingerprint density at radius 1 is 1.06 bits per heavy atom. The average molecular weight is 233 g/mol. The number of nitrogens with one attached hydrogen (secondary N) is 1. The first-order valence-corrected chi connectivity index (χ1v) is 5.48. The number of hydrogen-bond acceptors (Lipinski definition) is 2. The number of halogens is 1. The van der Waals surface area contributed by atoms with E-state index < -0.39 is 0 Å². The maximum Gasteiger partial charge on any atom is 0.130 e. The lowest BCUT2D eigenvalue weighted by Crippen LogP contribution is -1.93. The van der Waals surface area contributed by atoms with E-state index in [0.717, 1.165) is 11.5 Å². The second-order valence-corrected chi connectivity index (χ2v) is 4.30. The fourth-order valence-electron chi connectivity index (χ4n) is 1.64. The number of aryl methyl sites for hydroxylation is 2. The second kappa shape index (κ2) is 4.54. The Kier molecular flexibility index (Phi) is 3.11. The second-order valence-electron chi connectivity index (χ2n) is 3.86. The number of hydrogen-bond donors (Lipinski definition) is 1. The summed E-state index contributed by atoms with van der Waals surface area (Å²) in [5.74, 6) is 0.800. The Balaban J connectivity index is 2.23. The Bertz CT molecular complexity index is 472. The van der Waals surface area contributed by atoms with Gasteiger partial charge in [0.1, 0.15) is 5.82 Å². The minimum absolute atomic E-state index is 0.644. The Labute approximate surface area is 100 Å². The molecule has 0 saturated carbocycles. The van der Waals surface area contributed by atoms with E-state index in [1.54, 1.807) is 6.20 Å². The summed E-state index contributed by atoms with van der Waals surface area (Å²) in [6, 6.07) is 9.99. The van der Waals surface area contributed by atoms with Gasteiger partial charge in [0.05, 0.1) is 5.02 Å². The van der Waals surface area contributed by atoms with Crippen molar-refractivity contribution in [3.05, 3.63) is 52.7 Å². The van der Waals surface area contributed by atoms with E-state index in [9.17, 15) is 0 Å². The summed E-state index contributed by atoms with van der Waals surface area (Å²) in [5.41, 5.74) is 3.51. The molecular weight excluding hydrogens is 220 g/mol. The largest absolute Gasteiger partial charge is 0.340 e. The van der Waals surface area contributed by atoms with Gasteiger partial charge in [-0.1, -0.05) is 17.7 Å². The van der Waals surface area contributed by atoms with Gasteiger partial charge in [0.25, 0.3) is 0 Å². The van der Waals surface area contributed by atoms with Crippen molar-refractivity contribution in [3.8, 4) is 0 Å². The summed E-state index contributed by atoms with van der Waals surface area (Å²) in [6.45, 7) is 4.15. The normalized spacial score (nSPS) is 10.2. The summed E-state index contributed by atoms with van der Waals surface area (Å²) in [6.07, 6.45) is 1.63. The molecule has 0 aliphatic carbocycles. The zero-order chi connectivity index (χ0) is 11.5. The van der Waals surface area contributed by atoms with Crippen molar-refractivity contribution in [3.63, 3.8) is 0 Å².